The van der Waals surface area contributed by atoms with Gasteiger partial charge in [-0.3, -0.25) is 0 Å². The fraction of sp³-hybridized carbons (Fsp3) is 0.333. The molecule has 0 amide bonds. The van der Waals surface area contributed by atoms with Crippen LogP contribution in [0.5, 0.6) is 0 Å². The number of nitrogens with one attached hydrogen (secondary N) is 1. The van der Waals surface area contributed by atoms with Gasteiger partial charge in [-0.1, -0.05) is 6.07 Å². The highest BCUT2D eigenvalue weighted by molar-refractivity contribution is 5.31. The SMILES string of the molecule is CC1(c2ccc(F)cc2F)CN1. The van der Waals surface area contributed by atoms with E-state index in [9.17, 15) is 8.78 Å². The predicted molar refractivity (Wildman–Crippen MR) is 41.7 cm³/mol. The largest absolute Gasteiger partial charge is 0.304 e. The zero-order valence-electron chi connectivity index (χ0n) is 6.70. The minimum Gasteiger partial charge on any atom is -0.304 e. The Morgan fingerprint density at radius 3 is 2.58 bits per heavy atom. The third-order valence-electron chi connectivity index (χ3n) is 2.23. The fourth-order valence-electron chi connectivity index (χ4n) is 1.26. The van der Waals surface area contributed by atoms with Crippen LogP contribution in [-0.4, -0.2) is 6.54 Å². The van der Waals surface area contributed by atoms with Crippen molar-refractivity contribution in [3.63, 3.8) is 0 Å². The molecule has 1 atom stereocenters. The van der Waals surface area contributed by atoms with E-state index in [1.807, 2.05) is 6.92 Å². The molecule has 2 rings (SSSR count). The van der Waals surface area contributed by atoms with Crippen LogP contribution in [0.15, 0.2) is 18.2 Å². The van der Waals surface area contributed by atoms with E-state index in [2.05, 4.69) is 5.32 Å². The minimum atomic E-state index is -0.527. The van der Waals surface area contributed by atoms with Crippen molar-refractivity contribution >= 4 is 0 Å². The van der Waals surface area contributed by atoms with Crippen LogP contribution in [0.4, 0.5) is 8.78 Å². The molecule has 1 unspecified atom stereocenters. The number of hydrogen-bond acceptors (Lipinski definition) is 1. The molecule has 64 valence electrons. The summed E-state index contributed by atoms with van der Waals surface area (Å²) in [6, 6.07) is 3.69. The molecule has 1 heterocycles. The number of rotatable bonds is 1. The molecule has 1 aromatic carbocycles. The summed E-state index contributed by atoms with van der Waals surface area (Å²) in [6.45, 7) is 2.65. The lowest BCUT2D eigenvalue weighted by Gasteiger charge is -2.07. The average molecular weight is 169 g/mol. The number of halogens is 2. The Hall–Kier alpha value is -0.960. The van der Waals surface area contributed by atoms with Crippen LogP contribution in [-0.2, 0) is 5.54 Å². The van der Waals surface area contributed by atoms with E-state index in [0.717, 1.165) is 12.6 Å². The molecule has 3 heteroatoms. The van der Waals surface area contributed by atoms with Crippen LogP contribution in [0.1, 0.15) is 12.5 Å². The van der Waals surface area contributed by atoms with Gasteiger partial charge in [0, 0.05) is 18.2 Å². The fourth-order valence-corrected chi connectivity index (χ4v) is 1.26. The Bertz CT molecular complexity index is 318. The van der Waals surface area contributed by atoms with Gasteiger partial charge in [0.05, 0.1) is 5.54 Å². The van der Waals surface area contributed by atoms with Gasteiger partial charge in [0.2, 0.25) is 0 Å². The summed E-state index contributed by atoms with van der Waals surface area (Å²) in [5, 5.41) is 3.02. The maximum Gasteiger partial charge on any atom is 0.131 e. The summed E-state index contributed by atoms with van der Waals surface area (Å²) < 4.78 is 25.6. The summed E-state index contributed by atoms with van der Waals surface area (Å²) in [5.74, 6) is -0.997. The lowest BCUT2D eigenvalue weighted by Crippen LogP contribution is -2.09. The van der Waals surface area contributed by atoms with Crippen molar-refractivity contribution in [2.24, 2.45) is 0 Å². The second-order valence-corrected chi connectivity index (χ2v) is 3.31. The van der Waals surface area contributed by atoms with E-state index < -0.39 is 11.6 Å². The number of hydrogen-bond donors (Lipinski definition) is 1. The van der Waals surface area contributed by atoms with Crippen LogP contribution in [0, 0.1) is 11.6 Å². The van der Waals surface area contributed by atoms with Gasteiger partial charge in [0.15, 0.2) is 0 Å². The topological polar surface area (TPSA) is 21.9 Å². The van der Waals surface area contributed by atoms with Crippen LogP contribution in [0.3, 0.4) is 0 Å². The Labute approximate surface area is 69.4 Å². The van der Waals surface area contributed by atoms with Crippen LogP contribution in [0.25, 0.3) is 0 Å². The highest BCUT2D eigenvalue weighted by atomic mass is 19.1. The monoisotopic (exact) mass is 169 g/mol. The zero-order chi connectivity index (χ0) is 8.77. The van der Waals surface area contributed by atoms with Crippen LogP contribution >= 0.6 is 0 Å². The van der Waals surface area contributed by atoms with Gasteiger partial charge in [-0.15, -0.1) is 0 Å². The van der Waals surface area contributed by atoms with E-state index >= 15 is 0 Å². The molecule has 0 saturated carbocycles. The maximum absolute atomic E-state index is 13.1. The Kier molecular flexibility index (Phi) is 1.45. The molecule has 12 heavy (non-hydrogen) atoms. The first-order chi connectivity index (χ1) is 5.62. The highest BCUT2D eigenvalue weighted by Gasteiger charge is 2.40. The van der Waals surface area contributed by atoms with Crippen LogP contribution in [0.2, 0.25) is 0 Å². The van der Waals surface area contributed by atoms with Crippen molar-refractivity contribution in [1.29, 1.82) is 0 Å². The lowest BCUT2D eigenvalue weighted by atomic mass is 10.0. The summed E-state index contributed by atoms with van der Waals surface area (Å²) in [5.41, 5.74) is 0.279. The van der Waals surface area contributed by atoms with E-state index in [1.54, 1.807) is 0 Å². The van der Waals surface area contributed by atoms with Gasteiger partial charge >= 0.3 is 0 Å². The highest BCUT2D eigenvalue weighted by Crippen LogP contribution is 2.31. The summed E-state index contributed by atoms with van der Waals surface area (Å²) in [4.78, 5) is 0. The number of benzene rings is 1. The van der Waals surface area contributed by atoms with Crippen molar-refractivity contribution in [3.05, 3.63) is 35.4 Å². The van der Waals surface area contributed by atoms with Gasteiger partial charge in [-0.05, 0) is 13.0 Å². The molecular formula is C9H9F2N. The van der Waals surface area contributed by atoms with Crippen molar-refractivity contribution in [2.45, 2.75) is 12.5 Å². The molecule has 1 nitrogen and oxygen atoms in total. The molecule has 0 bridgehead atoms. The summed E-state index contributed by atoms with van der Waals surface area (Å²) in [6.07, 6.45) is 0. The Morgan fingerprint density at radius 2 is 2.08 bits per heavy atom. The molecule has 1 aliphatic rings. The molecule has 1 N–H and O–H groups in total. The summed E-state index contributed by atoms with van der Waals surface area (Å²) in [7, 11) is 0. The van der Waals surface area contributed by atoms with Gasteiger partial charge in [-0.25, -0.2) is 8.78 Å². The summed E-state index contributed by atoms with van der Waals surface area (Å²) >= 11 is 0. The van der Waals surface area contributed by atoms with Gasteiger partial charge < -0.3 is 5.32 Å². The Balaban J connectivity index is 2.45. The molecular weight excluding hydrogens is 160 g/mol. The average Bonchev–Trinajstić information content (AvgIpc) is 2.68. The molecule has 1 fully saturated rings. The lowest BCUT2D eigenvalue weighted by molar-refractivity contribution is 0.555. The normalized spacial score (nSPS) is 27.2. The molecule has 1 aliphatic heterocycles. The molecule has 0 aromatic heterocycles. The first-order valence-corrected chi connectivity index (χ1v) is 3.82. The van der Waals surface area contributed by atoms with E-state index in [0.29, 0.717) is 5.56 Å². The van der Waals surface area contributed by atoms with Gasteiger partial charge in [-0.2, -0.15) is 0 Å². The quantitative estimate of drug-likeness (QED) is 0.636. The van der Waals surface area contributed by atoms with Crippen molar-refractivity contribution in [3.8, 4) is 0 Å². The second kappa shape index (κ2) is 2.26. The smallest absolute Gasteiger partial charge is 0.131 e. The third-order valence-corrected chi connectivity index (χ3v) is 2.23. The van der Waals surface area contributed by atoms with Crippen molar-refractivity contribution in [2.75, 3.05) is 6.54 Å². The minimum absolute atomic E-state index is 0.266. The molecule has 0 radical (unpaired) electrons. The second-order valence-electron chi connectivity index (χ2n) is 3.31. The molecule has 1 saturated heterocycles. The van der Waals surface area contributed by atoms with Crippen LogP contribution < -0.4 is 5.32 Å². The van der Waals surface area contributed by atoms with E-state index in [1.165, 1.54) is 12.1 Å². The first-order valence-electron chi connectivity index (χ1n) is 3.82. The van der Waals surface area contributed by atoms with Crippen molar-refractivity contribution in [1.82, 2.24) is 5.32 Å². The molecule has 0 aliphatic carbocycles. The standard InChI is InChI=1S/C9H9F2N/c1-9(5-12-9)7-3-2-6(10)4-8(7)11/h2-4,12H,5H2,1H3. The van der Waals surface area contributed by atoms with Gasteiger partial charge in [0.25, 0.3) is 0 Å². The third kappa shape index (κ3) is 1.10. The van der Waals surface area contributed by atoms with E-state index in [4.69, 9.17) is 0 Å². The van der Waals surface area contributed by atoms with Crippen molar-refractivity contribution < 1.29 is 8.78 Å². The Morgan fingerprint density at radius 1 is 1.42 bits per heavy atom. The molecule has 0 spiro atoms. The maximum atomic E-state index is 13.1. The first kappa shape index (κ1) is 7.68. The van der Waals surface area contributed by atoms with E-state index in [-0.39, 0.29) is 5.54 Å². The predicted octanol–water partition coefficient (Wildman–Crippen LogP) is 1.78. The molecule has 1 aromatic rings. The van der Waals surface area contributed by atoms with Gasteiger partial charge in [0.1, 0.15) is 11.6 Å². The zero-order valence-corrected chi connectivity index (χ0v) is 6.70.